The minimum atomic E-state index is -0.389. The average Bonchev–Trinajstić information content (AvgIpc) is 3.24. The van der Waals surface area contributed by atoms with Gasteiger partial charge in [0.05, 0.1) is 16.8 Å². The molecule has 0 bridgehead atoms. The lowest BCUT2D eigenvalue weighted by Gasteiger charge is -2.47. The molecule has 0 aromatic heterocycles. The van der Waals surface area contributed by atoms with Crippen molar-refractivity contribution in [3.05, 3.63) is 148 Å². The van der Waals surface area contributed by atoms with Gasteiger partial charge in [0.1, 0.15) is 0 Å². The van der Waals surface area contributed by atoms with Gasteiger partial charge in [-0.2, -0.15) is 0 Å². The van der Waals surface area contributed by atoms with Crippen molar-refractivity contribution in [2.45, 2.75) is 24.9 Å². The van der Waals surface area contributed by atoms with Crippen molar-refractivity contribution in [3.8, 4) is 11.1 Å². The minimum Gasteiger partial charge on any atom is -0.309 e. The van der Waals surface area contributed by atoms with E-state index in [1.54, 1.807) is 0 Å². The summed E-state index contributed by atoms with van der Waals surface area (Å²) in [6, 6.07) is 39.6. The standard InChI is InChI=1S/C38H35N3/c1-39(2)23-25-16-18-29-30-19-17-26(24-40(3)4)21-34(30)38(33(29)20-25)31-12-6-8-15-36(31)41-35-14-7-5-10-27(35)22-28-11-9-13-32(38)37(28)41/h5-21H,22-24H2,1-4H3. The van der Waals surface area contributed by atoms with Crippen LogP contribution in [0.25, 0.3) is 11.1 Å². The lowest BCUT2D eigenvalue weighted by molar-refractivity contribution is 0.402. The Morgan fingerprint density at radius 3 is 1.78 bits per heavy atom. The summed E-state index contributed by atoms with van der Waals surface area (Å²) >= 11 is 0. The molecule has 0 amide bonds. The first kappa shape index (κ1) is 24.6. The van der Waals surface area contributed by atoms with E-state index in [0.717, 1.165) is 19.5 Å². The van der Waals surface area contributed by atoms with Crippen molar-refractivity contribution in [3.63, 3.8) is 0 Å². The van der Waals surface area contributed by atoms with Gasteiger partial charge in [-0.3, -0.25) is 0 Å². The largest absolute Gasteiger partial charge is 0.309 e. The topological polar surface area (TPSA) is 9.72 Å². The van der Waals surface area contributed by atoms with Gasteiger partial charge in [-0.15, -0.1) is 0 Å². The first-order chi connectivity index (χ1) is 20.0. The fourth-order valence-electron chi connectivity index (χ4n) is 7.81. The smallest absolute Gasteiger partial charge is 0.0754 e. The molecule has 3 aliphatic rings. The summed E-state index contributed by atoms with van der Waals surface area (Å²) in [7, 11) is 8.63. The zero-order chi connectivity index (χ0) is 27.9. The van der Waals surface area contributed by atoms with Gasteiger partial charge in [-0.05, 0) is 96.0 Å². The van der Waals surface area contributed by atoms with Crippen LogP contribution in [0.3, 0.4) is 0 Å². The maximum atomic E-state index is 2.55. The molecule has 0 saturated heterocycles. The molecule has 202 valence electrons. The molecule has 3 nitrogen and oxygen atoms in total. The summed E-state index contributed by atoms with van der Waals surface area (Å²) in [5.41, 5.74) is 17.3. The Hall–Kier alpha value is -4.18. The van der Waals surface area contributed by atoms with Crippen LogP contribution in [0.2, 0.25) is 0 Å². The lowest BCUT2D eigenvalue weighted by atomic mass is 9.63. The van der Waals surface area contributed by atoms with Crippen molar-refractivity contribution >= 4 is 17.1 Å². The monoisotopic (exact) mass is 533 g/mol. The molecule has 0 unspecified atom stereocenters. The van der Waals surface area contributed by atoms with Crippen LogP contribution >= 0.6 is 0 Å². The highest BCUT2D eigenvalue weighted by Gasteiger charge is 2.53. The summed E-state index contributed by atoms with van der Waals surface area (Å²) < 4.78 is 0. The van der Waals surface area contributed by atoms with E-state index in [4.69, 9.17) is 0 Å². The van der Waals surface area contributed by atoms with Crippen molar-refractivity contribution in [1.29, 1.82) is 0 Å². The molecule has 5 aromatic rings. The fraction of sp³-hybridized carbons (Fsp3) is 0.211. The molecule has 41 heavy (non-hydrogen) atoms. The van der Waals surface area contributed by atoms with Crippen molar-refractivity contribution in [2.75, 3.05) is 33.1 Å². The second kappa shape index (κ2) is 8.91. The van der Waals surface area contributed by atoms with Gasteiger partial charge in [-0.25, -0.2) is 0 Å². The molecular weight excluding hydrogens is 498 g/mol. The number of hydrogen-bond donors (Lipinski definition) is 0. The highest BCUT2D eigenvalue weighted by molar-refractivity contribution is 5.98. The van der Waals surface area contributed by atoms with Gasteiger partial charge >= 0.3 is 0 Å². The third-order valence-corrected chi connectivity index (χ3v) is 9.17. The average molecular weight is 534 g/mol. The molecule has 0 radical (unpaired) electrons. The van der Waals surface area contributed by atoms with Crippen LogP contribution in [0, 0.1) is 0 Å². The highest BCUT2D eigenvalue weighted by atomic mass is 15.2. The molecule has 3 heteroatoms. The number of para-hydroxylation sites is 3. The molecule has 8 rings (SSSR count). The summed E-state index contributed by atoms with van der Waals surface area (Å²) in [5.74, 6) is 0. The third kappa shape index (κ3) is 3.40. The van der Waals surface area contributed by atoms with Gasteiger partial charge in [-0.1, -0.05) is 91.0 Å². The maximum absolute atomic E-state index is 2.55. The Bertz CT molecular complexity index is 1790. The van der Waals surface area contributed by atoms with E-state index in [-0.39, 0.29) is 5.41 Å². The number of anilines is 3. The molecule has 0 atom stereocenters. The van der Waals surface area contributed by atoms with Crippen LogP contribution in [0.4, 0.5) is 17.1 Å². The predicted octanol–water partition coefficient (Wildman–Crippen LogP) is 7.86. The lowest BCUT2D eigenvalue weighted by Crippen LogP contribution is -2.38. The minimum absolute atomic E-state index is 0.389. The molecule has 0 N–H and O–H groups in total. The van der Waals surface area contributed by atoms with Crippen molar-refractivity contribution in [1.82, 2.24) is 9.80 Å². The fourth-order valence-corrected chi connectivity index (χ4v) is 7.81. The van der Waals surface area contributed by atoms with E-state index >= 15 is 0 Å². The zero-order valence-corrected chi connectivity index (χ0v) is 24.3. The molecule has 0 saturated carbocycles. The Labute approximate surface area is 243 Å². The first-order valence-electron chi connectivity index (χ1n) is 14.6. The van der Waals surface area contributed by atoms with Gasteiger partial charge in [0, 0.05) is 25.2 Å². The molecular formula is C38H35N3. The van der Waals surface area contributed by atoms with E-state index in [0.29, 0.717) is 0 Å². The van der Waals surface area contributed by atoms with Crippen LogP contribution in [0.15, 0.2) is 103 Å². The molecule has 2 heterocycles. The quantitative estimate of drug-likeness (QED) is 0.228. The highest BCUT2D eigenvalue weighted by Crippen LogP contribution is 2.65. The Morgan fingerprint density at radius 1 is 0.561 bits per heavy atom. The van der Waals surface area contributed by atoms with Crippen LogP contribution in [0.1, 0.15) is 44.5 Å². The van der Waals surface area contributed by atoms with Crippen molar-refractivity contribution < 1.29 is 0 Å². The zero-order valence-electron chi connectivity index (χ0n) is 24.3. The molecule has 5 aromatic carbocycles. The first-order valence-corrected chi connectivity index (χ1v) is 14.6. The molecule has 1 spiro atoms. The number of rotatable bonds is 4. The summed E-state index contributed by atoms with van der Waals surface area (Å²) in [6.45, 7) is 1.83. The van der Waals surface area contributed by atoms with Crippen LogP contribution < -0.4 is 4.90 Å². The van der Waals surface area contributed by atoms with Gasteiger partial charge < -0.3 is 14.7 Å². The van der Waals surface area contributed by atoms with E-state index < -0.39 is 0 Å². The van der Waals surface area contributed by atoms with E-state index in [1.165, 1.54) is 72.7 Å². The number of benzene rings is 5. The normalized spacial score (nSPS) is 15.0. The second-order valence-corrected chi connectivity index (χ2v) is 12.5. The molecule has 2 aliphatic heterocycles. The van der Waals surface area contributed by atoms with Gasteiger partial charge in [0.15, 0.2) is 0 Å². The predicted molar refractivity (Wildman–Crippen MR) is 170 cm³/mol. The summed E-state index contributed by atoms with van der Waals surface area (Å²) in [6.07, 6.45) is 0.954. The van der Waals surface area contributed by atoms with E-state index in [2.05, 4.69) is 146 Å². The van der Waals surface area contributed by atoms with Crippen LogP contribution in [-0.2, 0) is 24.9 Å². The number of hydrogen-bond acceptors (Lipinski definition) is 3. The Kier molecular flexibility index (Phi) is 5.35. The van der Waals surface area contributed by atoms with E-state index in [9.17, 15) is 0 Å². The number of nitrogens with zero attached hydrogens (tertiary/aromatic N) is 3. The second-order valence-electron chi connectivity index (χ2n) is 12.5. The Morgan fingerprint density at radius 2 is 1.12 bits per heavy atom. The number of fused-ring (bicyclic) bond motifs is 11. The SMILES string of the molecule is CN(C)Cc1ccc2c(c1)C1(c3cc(CN(C)C)ccc3-2)c2ccccc2N2c3ccccc3Cc3cccc1c32. The maximum Gasteiger partial charge on any atom is 0.0754 e. The Balaban J connectivity index is 1.51. The van der Waals surface area contributed by atoms with Crippen molar-refractivity contribution in [2.24, 2.45) is 0 Å². The van der Waals surface area contributed by atoms with Gasteiger partial charge in [0.2, 0.25) is 0 Å². The third-order valence-electron chi connectivity index (χ3n) is 9.17. The van der Waals surface area contributed by atoms with E-state index in [1.807, 2.05) is 0 Å². The van der Waals surface area contributed by atoms with Crippen LogP contribution in [-0.4, -0.2) is 38.0 Å². The molecule has 0 fully saturated rings. The summed E-state index contributed by atoms with van der Waals surface area (Å²) in [4.78, 5) is 7.09. The molecule has 1 aliphatic carbocycles. The van der Waals surface area contributed by atoms with Gasteiger partial charge in [0.25, 0.3) is 0 Å². The van der Waals surface area contributed by atoms with Crippen LogP contribution in [0.5, 0.6) is 0 Å². The summed E-state index contributed by atoms with van der Waals surface area (Å²) in [5, 5.41) is 0.